The lowest BCUT2D eigenvalue weighted by Crippen LogP contribution is -2.00. The molecule has 0 bridgehead atoms. The van der Waals surface area contributed by atoms with Gasteiger partial charge in [0, 0.05) is 5.69 Å². The van der Waals surface area contributed by atoms with Gasteiger partial charge in [0.15, 0.2) is 0 Å². The lowest BCUT2D eigenvalue weighted by Gasteiger charge is -2.17. The third-order valence-electron chi connectivity index (χ3n) is 3.56. The maximum absolute atomic E-state index is 9.25. The van der Waals surface area contributed by atoms with Crippen molar-refractivity contribution in [3.8, 4) is 17.6 Å². The Morgan fingerprint density at radius 2 is 1.86 bits per heavy atom. The first-order chi connectivity index (χ1) is 9.93. The number of hydrogen-bond donors (Lipinski definition) is 1. The molecule has 0 unspecified atom stereocenters. The molecule has 0 spiro atoms. The maximum atomic E-state index is 9.25. The van der Waals surface area contributed by atoms with E-state index in [1.807, 2.05) is 38.1 Å². The Bertz CT molecular complexity index is 712. The van der Waals surface area contributed by atoms with Gasteiger partial charge in [-0.1, -0.05) is 26.0 Å². The van der Waals surface area contributed by atoms with Crippen molar-refractivity contribution < 1.29 is 4.74 Å². The van der Waals surface area contributed by atoms with Crippen LogP contribution in [0.5, 0.6) is 11.5 Å². The highest BCUT2D eigenvalue weighted by Crippen LogP contribution is 2.36. The number of rotatable bonds is 3. The van der Waals surface area contributed by atoms with Gasteiger partial charge in [-0.15, -0.1) is 0 Å². The van der Waals surface area contributed by atoms with E-state index in [-0.39, 0.29) is 5.92 Å². The first-order valence-corrected chi connectivity index (χ1v) is 7.01. The third-order valence-corrected chi connectivity index (χ3v) is 3.56. The summed E-state index contributed by atoms with van der Waals surface area (Å²) in [6.45, 7) is 8.09. The molecule has 0 radical (unpaired) electrons. The number of nitrogens with two attached hydrogens (primary N) is 1. The predicted molar refractivity (Wildman–Crippen MR) is 85.6 cm³/mol. The van der Waals surface area contributed by atoms with Crippen LogP contribution in [-0.2, 0) is 0 Å². The molecule has 21 heavy (non-hydrogen) atoms. The molecular formula is C18H20N2O. The minimum absolute atomic E-state index is 0.289. The van der Waals surface area contributed by atoms with Gasteiger partial charge >= 0.3 is 0 Å². The SMILES string of the molecule is Cc1cc(Oc2c(C)cccc2C#N)c(C(C)C)cc1N. The molecule has 0 fully saturated rings. The summed E-state index contributed by atoms with van der Waals surface area (Å²) in [5.41, 5.74) is 10.3. The van der Waals surface area contributed by atoms with Gasteiger partial charge < -0.3 is 10.5 Å². The van der Waals surface area contributed by atoms with Crippen molar-refractivity contribution in [3.05, 3.63) is 52.6 Å². The van der Waals surface area contributed by atoms with Crippen molar-refractivity contribution in [2.75, 3.05) is 5.73 Å². The van der Waals surface area contributed by atoms with Gasteiger partial charge in [0.1, 0.15) is 17.6 Å². The zero-order valence-corrected chi connectivity index (χ0v) is 12.9. The number of nitrogen functional groups attached to an aromatic ring is 1. The number of anilines is 1. The highest BCUT2D eigenvalue weighted by Gasteiger charge is 2.14. The molecule has 0 aliphatic rings. The topological polar surface area (TPSA) is 59.0 Å². The van der Waals surface area contributed by atoms with E-state index in [1.165, 1.54) is 0 Å². The Morgan fingerprint density at radius 1 is 1.14 bits per heavy atom. The summed E-state index contributed by atoms with van der Waals surface area (Å²) in [5.74, 6) is 1.67. The molecule has 108 valence electrons. The Kier molecular flexibility index (Phi) is 4.18. The molecule has 3 heteroatoms. The molecule has 0 amide bonds. The van der Waals surface area contributed by atoms with E-state index >= 15 is 0 Å². The van der Waals surface area contributed by atoms with Crippen LogP contribution in [0.2, 0.25) is 0 Å². The summed E-state index contributed by atoms with van der Waals surface area (Å²) in [7, 11) is 0. The Labute approximate surface area is 126 Å². The highest BCUT2D eigenvalue weighted by molar-refractivity contribution is 5.57. The molecule has 0 aliphatic heterocycles. The van der Waals surface area contributed by atoms with Crippen LogP contribution in [0.4, 0.5) is 5.69 Å². The fraction of sp³-hybridized carbons (Fsp3) is 0.278. The zero-order valence-electron chi connectivity index (χ0n) is 12.9. The van der Waals surface area contributed by atoms with E-state index in [0.29, 0.717) is 11.3 Å². The summed E-state index contributed by atoms with van der Waals surface area (Å²) < 4.78 is 6.08. The number of para-hydroxylation sites is 1. The van der Waals surface area contributed by atoms with Crippen molar-refractivity contribution in [2.24, 2.45) is 0 Å². The van der Waals surface area contributed by atoms with Crippen LogP contribution in [-0.4, -0.2) is 0 Å². The van der Waals surface area contributed by atoms with Gasteiger partial charge in [-0.05, 0) is 54.7 Å². The van der Waals surface area contributed by atoms with Gasteiger partial charge in [0.2, 0.25) is 0 Å². The van der Waals surface area contributed by atoms with Crippen molar-refractivity contribution in [1.29, 1.82) is 5.26 Å². The van der Waals surface area contributed by atoms with Crippen LogP contribution in [0.25, 0.3) is 0 Å². The number of aryl methyl sites for hydroxylation is 2. The molecule has 0 saturated carbocycles. The van der Waals surface area contributed by atoms with Crippen LogP contribution in [0, 0.1) is 25.2 Å². The van der Waals surface area contributed by atoms with Gasteiger partial charge in [0.05, 0.1) is 5.56 Å². The average molecular weight is 280 g/mol. The molecule has 0 aromatic heterocycles. The Hall–Kier alpha value is -2.47. The summed E-state index contributed by atoms with van der Waals surface area (Å²) in [4.78, 5) is 0. The molecule has 0 atom stereocenters. The van der Waals surface area contributed by atoms with E-state index in [4.69, 9.17) is 10.5 Å². The van der Waals surface area contributed by atoms with E-state index in [1.54, 1.807) is 6.07 Å². The van der Waals surface area contributed by atoms with Gasteiger partial charge in [-0.25, -0.2) is 0 Å². The van der Waals surface area contributed by atoms with Crippen LogP contribution in [0.15, 0.2) is 30.3 Å². The van der Waals surface area contributed by atoms with Crippen molar-refractivity contribution in [3.63, 3.8) is 0 Å². The molecule has 0 aliphatic carbocycles. The quantitative estimate of drug-likeness (QED) is 0.831. The first kappa shape index (κ1) is 14.9. The molecule has 2 aromatic rings. The molecule has 2 N–H and O–H groups in total. The molecule has 2 rings (SSSR count). The lowest BCUT2D eigenvalue weighted by atomic mass is 9.99. The largest absolute Gasteiger partial charge is 0.455 e. The molecule has 2 aromatic carbocycles. The van der Waals surface area contributed by atoms with E-state index in [9.17, 15) is 5.26 Å². The first-order valence-electron chi connectivity index (χ1n) is 7.01. The maximum Gasteiger partial charge on any atom is 0.148 e. The third kappa shape index (κ3) is 3.00. The standard InChI is InChI=1S/C18H20N2O/c1-11(2)15-9-16(20)13(4)8-17(15)21-18-12(3)6-5-7-14(18)10-19/h5-9,11H,20H2,1-4H3. The second-order valence-electron chi connectivity index (χ2n) is 5.57. The average Bonchev–Trinajstić information content (AvgIpc) is 2.44. The fourth-order valence-electron chi connectivity index (χ4n) is 2.24. The summed E-state index contributed by atoms with van der Waals surface area (Å²) in [5, 5.41) is 9.25. The van der Waals surface area contributed by atoms with Gasteiger partial charge in [-0.3, -0.25) is 0 Å². The van der Waals surface area contributed by atoms with Crippen LogP contribution >= 0.6 is 0 Å². The molecule has 3 nitrogen and oxygen atoms in total. The summed E-state index contributed by atoms with van der Waals surface area (Å²) in [6, 6.07) is 11.6. The molecule has 0 heterocycles. The van der Waals surface area contributed by atoms with E-state index < -0.39 is 0 Å². The normalized spacial score (nSPS) is 10.5. The lowest BCUT2D eigenvalue weighted by molar-refractivity contribution is 0.468. The smallest absolute Gasteiger partial charge is 0.148 e. The number of hydrogen-bond acceptors (Lipinski definition) is 3. The number of nitriles is 1. The van der Waals surface area contributed by atoms with Gasteiger partial charge in [0.25, 0.3) is 0 Å². The second-order valence-corrected chi connectivity index (χ2v) is 5.57. The van der Waals surface area contributed by atoms with Gasteiger partial charge in [-0.2, -0.15) is 5.26 Å². The fourth-order valence-corrected chi connectivity index (χ4v) is 2.24. The number of nitrogens with zero attached hydrogens (tertiary/aromatic N) is 1. The number of ether oxygens (including phenoxy) is 1. The number of benzene rings is 2. The van der Waals surface area contributed by atoms with Crippen LogP contribution < -0.4 is 10.5 Å². The minimum atomic E-state index is 0.289. The Morgan fingerprint density at radius 3 is 2.48 bits per heavy atom. The predicted octanol–water partition coefficient (Wildman–Crippen LogP) is 4.67. The Balaban J connectivity index is 2.55. The molecular weight excluding hydrogens is 260 g/mol. The summed E-state index contributed by atoms with van der Waals surface area (Å²) in [6.07, 6.45) is 0. The summed E-state index contributed by atoms with van der Waals surface area (Å²) >= 11 is 0. The zero-order chi connectivity index (χ0) is 15.6. The minimum Gasteiger partial charge on any atom is -0.455 e. The van der Waals surface area contributed by atoms with Crippen molar-refractivity contribution in [1.82, 2.24) is 0 Å². The monoisotopic (exact) mass is 280 g/mol. The molecule has 0 saturated heterocycles. The van der Waals surface area contributed by atoms with E-state index in [2.05, 4.69) is 19.9 Å². The van der Waals surface area contributed by atoms with Crippen LogP contribution in [0.3, 0.4) is 0 Å². The van der Waals surface area contributed by atoms with Crippen molar-refractivity contribution >= 4 is 5.69 Å². The van der Waals surface area contributed by atoms with E-state index in [0.717, 1.165) is 28.1 Å². The highest BCUT2D eigenvalue weighted by atomic mass is 16.5. The second kappa shape index (κ2) is 5.88. The van der Waals surface area contributed by atoms with Crippen molar-refractivity contribution in [2.45, 2.75) is 33.6 Å². The van der Waals surface area contributed by atoms with Crippen LogP contribution in [0.1, 0.15) is 42.0 Å².